The number of hydrogen-bond acceptors (Lipinski definition) is 2. The molecule has 1 saturated heterocycles. The predicted molar refractivity (Wildman–Crippen MR) is 71.6 cm³/mol. The Kier molecular flexibility index (Phi) is 4.02. The maximum Gasteiger partial charge on any atom is 0.307 e. The van der Waals surface area contributed by atoms with E-state index in [1.807, 2.05) is 0 Å². The number of carbonyl (C=O) groups is 1. The normalized spacial score (nSPS) is 20.9. The zero-order valence-electron chi connectivity index (χ0n) is 11.1. The van der Waals surface area contributed by atoms with E-state index in [1.165, 1.54) is 16.7 Å². The highest BCUT2D eigenvalue weighted by Crippen LogP contribution is 2.20. The van der Waals surface area contributed by atoms with Crippen LogP contribution in [-0.2, 0) is 11.3 Å². The molecule has 1 aromatic carbocycles. The highest BCUT2D eigenvalue weighted by atomic mass is 16.4. The number of aliphatic carboxylic acids is 1. The maximum absolute atomic E-state index is 11.0. The highest BCUT2D eigenvalue weighted by Gasteiger charge is 2.25. The molecular formula is C15H21NO2. The molecule has 0 aliphatic carbocycles. The zero-order chi connectivity index (χ0) is 13.1. The summed E-state index contributed by atoms with van der Waals surface area (Å²) in [5, 5.41) is 9.09. The molecule has 3 nitrogen and oxygen atoms in total. The Hall–Kier alpha value is -1.35. The minimum absolute atomic E-state index is 0.191. The van der Waals surface area contributed by atoms with E-state index in [0.29, 0.717) is 6.54 Å². The van der Waals surface area contributed by atoms with Crippen LogP contribution in [-0.4, -0.2) is 29.1 Å². The summed E-state index contributed by atoms with van der Waals surface area (Å²) in [7, 11) is 0. The van der Waals surface area contributed by atoms with Crippen molar-refractivity contribution >= 4 is 5.97 Å². The lowest BCUT2D eigenvalue weighted by Crippen LogP contribution is -2.38. The second kappa shape index (κ2) is 5.53. The van der Waals surface area contributed by atoms with Crippen LogP contribution in [0.2, 0.25) is 0 Å². The van der Waals surface area contributed by atoms with Crippen molar-refractivity contribution in [2.45, 2.75) is 33.2 Å². The fraction of sp³-hybridized carbons (Fsp3) is 0.533. The monoisotopic (exact) mass is 247 g/mol. The Balaban J connectivity index is 2.04. The summed E-state index contributed by atoms with van der Waals surface area (Å²) in [6.45, 7) is 6.78. The molecule has 1 N–H and O–H groups in total. The maximum atomic E-state index is 11.0. The Morgan fingerprint density at radius 2 is 2.22 bits per heavy atom. The first kappa shape index (κ1) is 13.1. The molecule has 98 valence electrons. The lowest BCUT2D eigenvalue weighted by atomic mass is 9.97. The van der Waals surface area contributed by atoms with Crippen LogP contribution in [0.5, 0.6) is 0 Å². The Labute approximate surface area is 108 Å². The fourth-order valence-corrected chi connectivity index (χ4v) is 2.61. The smallest absolute Gasteiger partial charge is 0.307 e. The van der Waals surface area contributed by atoms with Crippen LogP contribution in [0.25, 0.3) is 0 Å². The number of carboxylic acids is 1. The highest BCUT2D eigenvalue weighted by molar-refractivity contribution is 5.70. The van der Waals surface area contributed by atoms with Crippen LogP contribution < -0.4 is 0 Å². The number of likely N-dealkylation sites (tertiary alicyclic amines) is 1. The third-order valence-corrected chi connectivity index (χ3v) is 3.75. The van der Waals surface area contributed by atoms with Crippen molar-refractivity contribution in [2.75, 3.05) is 13.1 Å². The lowest BCUT2D eigenvalue weighted by molar-refractivity contribution is -0.143. The standard InChI is InChI=1S/C15H21NO2/c1-11-5-6-12(2)14(8-11)10-16-7-3-4-13(9-16)15(17)18/h5-6,8,13H,3-4,7,9-10H2,1-2H3,(H,17,18)/t13-/m1/s1. The van der Waals surface area contributed by atoms with Crippen molar-refractivity contribution in [3.05, 3.63) is 34.9 Å². The van der Waals surface area contributed by atoms with Gasteiger partial charge in [-0.15, -0.1) is 0 Å². The summed E-state index contributed by atoms with van der Waals surface area (Å²) in [6, 6.07) is 6.47. The van der Waals surface area contributed by atoms with Crippen molar-refractivity contribution in [3.63, 3.8) is 0 Å². The van der Waals surface area contributed by atoms with Gasteiger partial charge in [-0.2, -0.15) is 0 Å². The van der Waals surface area contributed by atoms with Crippen molar-refractivity contribution in [3.8, 4) is 0 Å². The van der Waals surface area contributed by atoms with Gasteiger partial charge in [0.2, 0.25) is 0 Å². The molecule has 3 heteroatoms. The molecule has 0 bridgehead atoms. The molecule has 0 radical (unpaired) electrons. The number of carboxylic acid groups (broad SMARTS) is 1. The first-order chi connectivity index (χ1) is 8.56. The lowest BCUT2D eigenvalue weighted by Gasteiger charge is -2.31. The second-order valence-electron chi connectivity index (χ2n) is 5.34. The van der Waals surface area contributed by atoms with E-state index in [1.54, 1.807) is 0 Å². The van der Waals surface area contributed by atoms with Crippen LogP contribution >= 0.6 is 0 Å². The van der Waals surface area contributed by atoms with E-state index < -0.39 is 5.97 Å². The molecule has 1 heterocycles. The number of aryl methyl sites for hydroxylation is 2. The molecule has 0 aromatic heterocycles. The summed E-state index contributed by atoms with van der Waals surface area (Å²) in [4.78, 5) is 13.3. The average molecular weight is 247 g/mol. The molecule has 0 saturated carbocycles. The summed E-state index contributed by atoms with van der Waals surface area (Å²) in [6.07, 6.45) is 1.81. The molecule has 1 aliphatic rings. The summed E-state index contributed by atoms with van der Waals surface area (Å²) < 4.78 is 0. The molecule has 0 unspecified atom stereocenters. The summed E-state index contributed by atoms with van der Waals surface area (Å²) in [5.41, 5.74) is 3.88. The third-order valence-electron chi connectivity index (χ3n) is 3.75. The molecular weight excluding hydrogens is 226 g/mol. The topological polar surface area (TPSA) is 40.5 Å². The van der Waals surface area contributed by atoms with Gasteiger partial charge in [0.05, 0.1) is 5.92 Å². The van der Waals surface area contributed by atoms with Crippen LogP contribution in [0, 0.1) is 19.8 Å². The van der Waals surface area contributed by atoms with Gasteiger partial charge in [0.15, 0.2) is 0 Å². The molecule has 1 aromatic rings. The fourth-order valence-electron chi connectivity index (χ4n) is 2.61. The van der Waals surface area contributed by atoms with Crippen molar-refractivity contribution in [1.82, 2.24) is 4.90 Å². The molecule has 1 fully saturated rings. The Morgan fingerprint density at radius 1 is 1.44 bits per heavy atom. The minimum Gasteiger partial charge on any atom is -0.481 e. The third kappa shape index (κ3) is 3.10. The SMILES string of the molecule is Cc1ccc(C)c(CN2CCC[C@@H](C(=O)O)C2)c1. The number of nitrogens with zero attached hydrogens (tertiary/aromatic N) is 1. The summed E-state index contributed by atoms with van der Waals surface area (Å²) in [5.74, 6) is -0.843. The first-order valence-corrected chi connectivity index (χ1v) is 6.57. The van der Waals surface area contributed by atoms with Crippen molar-refractivity contribution in [1.29, 1.82) is 0 Å². The second-order valence-corrected chi connectivity index (χ2v) is 5.34. The van der Waals surface area contributed by atoms with E-state index in [9.17, 15) is 4.79 Å². The van der Waals surface area contributed by atoms with E-state index in [-0.39, 0.29) is 5.92 Å². The van der Waals surface area contributed by atoms with E-state index in [0.717, 1.165) is 25.9 Å². The first-order valence-electron chi connectivity index (χ1n) is 6.57. The van der Waals surface area contributed by atoms with Gasteiger partial charge < -0.3 is 5.11 Å². The Morgan fingerprint density at radius 3 is 2.94 bits per heavy atom. The Bertz CT molecular complexity index is 442. The van der Waals surface area contributed by atoms with E-state index >= 15 is 0 Å². The van der Waals surface area contributed by atoms with Gasteiger partial charge in [0.1, 0.15) is 0 Å². The molecule has 1 aliphatic heterocycles. The summed E-state index contributed by atoms with van der Waals surface area (Å²) >= 11 is 0. The largest absolute Gasteiger partial charge is 0.481 e. The zero-order valence-corrected chi connectivity index (χ0v) is 11.1. The average Bonchev–Trinajstić information content (AvgIpc) is 2.34. The van der Waals surface area contributed by atoms with Gasteiger partial charge in [0.25, 0.3) is 0 Å². The van der Waals surface area contributed by atoms with Crippen LogP contribution in [0.3, 0.4) is 0 Å². The van der Waals surface area contributed by atoms with Gasteiger partial charge in [-0.05, 0) is 44.4 Å². The predicted octanol–water partition coefficient (Wildman–Crippen LogP) is 2.60. The van der Waals surface area contributed by atoms with Gasteiger partial charge in [-0.25, -0.2) is 0 Å². The van der Waals surface area contributed by atoms with Crippen molar-refractivity contribution < 1.29 is 9.90 Å². The number of rotatable bonds is 3. The minimum atomic E-state index is -0.652. The van der Waals surface area contributed by atoms with Gasteiger partial charge >= 0.3 is 5.97 Å². The number of piperidine rings is 1. The van der Waals surface area contributed by atoms with E-state index in [4.69, 9.17) is 5.11 Å². The molecule has 18 heavy (non-hydrogen) atoms. The van der Waals surface area contributed by atoms with Crippen LogP contribution in [0.4, 0.5) is 0 Å². The van der Waals surface area contributed by atoms with Gasteiger partial charge in [-0.3, -0.25) is 9.69 Å². The quantitative estimate of drug-likeness (QED) is 0.892. The van der Waals surface area contributed by atoms with Gasteiger partial charge in [0, 0.05) is 13.1 Å². The molecule has 0 amide bonds. The molecule has 0 spiro atoms. The van der Waals surface area contributed by atoms with Crippen molar-refractivity contribution in [2.24, 2.45) is 5.92 Å². The number of benzene rings is 1. The van der Waals surface area contributed by atoms with Crippen LogP contribution in [0.15, 0.2) is 18.2 Å². The van der Waals surface area contributed by atoms with Crippen LogP contribution in [0.1, 0.15) is 29.5 Å². The van der Waals surface area contributed by atoms with Gasteiger partial charge in [-0.1, -0.05) is 23.8 Å². The molecule has 2 rings (SSSR count). The number of hydrogen-bond donors (Lipinski definition) is 1. The van der Waals surface area contributed by atoms with E-state index in [2.05, 4.69) is 36.9 Å². The molecule has 1 atom stereocenters.